The zero-order valence-electron chi connectivity index (χ0n) is 10.9. The molecule has 106 valence electrons. The van der Waals surface area contributed by atoms with E-state index in [0.29, 0.717) is 18.3 Å². The number of rotatable bonds is 7. The lowest BCUT2D eigenvalue weighted by Crippen LogP contribution is -2.29. The predicted molar refractivity (Wildman–Crippen MR) is 77.5 cm³/mol. The fourth-order valence-electron chi connectivity index (χ4n) is 1.89. The lowest BCUT2D eigenvalue weighted by Gasteiger charge is -2.15. The van der Waals surface area contributed by atoms with Gasteiger partial charge in [-0.05, 0) is 37.0 Å². The van der Waals surface area contributed by atoms with Crippen molar-refractivity contribution >= 4 is 29.1 Å². The molecule has 5 heteroatoms. The van der Waals surface area contributed by atoms with Crippen molar-refractivity contribution in [3.05, 3.63) is 34.6 Å². The van der Waals surface area contributed by atoms with Crippen LogP contribution in [0.5, 0.6) is 0 Å². The van der Waals surface area contributed by atoms with E-state index in [4.69, 9.17) is 23.2 Å². The maximum Gasteiger partial charge on any atom is 0.251 e. The van der Waals surface area contributed by atoms with Crippen LogP contribution in [-0.4, -0.2) is 18.3 Å². The molecule has 0 aliphatic heterocycles. The van der Waals surface area contributed by atoms with Gasteiger partial charge in [0.15, 0.2) is 0 Å². The molecule has 0 saturated heterocycles. The Balaban J connectivity index is 2.56. The average molecular weight is 306 g/mol. The van der Waals surface area contributed by atoms with Gasteiger partial charge in [0, 0.05) is 18.0 Å². The molecule has 0 radical (unpaired) electrons. The molecule has 0 heterocycles. The van der Waals surface area contributed by atoms with E-state index in [1.165, 1.54) is 12.1 Å². The third-order valence-electron chi connectivity index (χ3n) is 2.95. The minimum atomic E-state index is -0.583. The number of carbonyl (C=O) groups excluding carboxylic acids is 1. The number of nitrogens with one attached hydrogen (secondary N) is 1. The maximum absolute atomic E-state index is 13.3. The maximum atomic E-state index is 13.3. The Hall–Kier alpha value is -0.800. The van der Waals surface area contributed by atoms with Crippen molar-refractivity contribution in [3.63, 3.8) is 0 Å². The van der Waals surface area contributed by atoms with Crippen molar-refractivity contribution in [2.24, 2.45) is 5.92 Å². The van der Waals surface area contributed by atoms with Gasteiger partial charge in [-0.2, -0.15) is 0 Å². The number of amides is 1. The average Bonchev–Trinajstić information content (AvgIpc) is 2.39. The van der Waals surface area contributed by atoms with Gasteiger partial charge in [0.1, 0.15) is 5.82 Å². The molecule has 0 aliphatic rings. The van der Waals surface area contributed by atoms with Crippen molar-refractivity contribution in [1.82, 2.24) is 5.32 Å². The summed E-state index contributed by atoms with van der Waals surface area (Å²) in [5.41, 5.74) is 0.281. The van der Waals surface area contributed by atoms with Crippen LogP contribution in [0.1, 0.15) is 36.5 Å². The Labute approximate surface area is 123 Å². The normalized spacial score (nSPS) is 12.2. The molecule has 0 bridgehead atoms. The van der Waals surface area contributed by atoms with Crippen LogP contribution in [0.2, 0.25) is 5.02 Å². The molecule has 1 aromatic carbocycles. The highest BCUT2D eigenvalue weighted by Gasteiger charge is 2.12. The number of alkyl halides is 1. The van der Waals surface area contributed by atoms with Crippen LogP contribution in [-0.2, 0) is 0 Å². The van der Waals surface area contributed by atoms with Crippen LogP contribution >= 0.6 is 23.2 Å². The summed E-state index contributed by atoms with van der Waals surface area (Å²) >= 11 is 11.3. The van der Waals surface area contributed by atoms with Crippen molar-refractivity contribution < 1.29 is 9.18 Å². The first-order chi connectivity index (χ1) is 9.08. The number of hydrogen-bond donors (Lipinski definition) is 1. The van der Waals surface area contributed by atoms with E-state index in [1.54, 1.807) is 0 Å². The fraction of sp³-hybridized carbons (Fsp3) is 0.500. The Morgan fingerprint density at radius 2 is 2.16 bits per heavy atom. The van der Waals surface area contributed by atoms with E-state index in [-0.39, 0.29) is 16.5 Å². The summed E-state index contributed by atoms with van der Waals surface area (Å²) in [4.78, 5) is 11.9. The minimum absolute atomic E-state index is 0.0162. The van der Waals surface area contributed by atoms with E-state index in [2.05, 4.69) is 12.2 Å². The molecule has 1 N–H and O–H groups in total. The lowest BCUT2D eigenvalue weighted by atomic mass is 10.0. The van der Waals surface area contributed by atoms with Crippen LogP contribution in [0.25, 0.3) is 0 Å². The second kappa shape index (κ2) is 8.39. The molecular weight excluding hydrogens is 288 g/mol. The molecular formula is C14H18Cl2FNO. The lowest BCUT2D eigenvalue weighted by molar-refractivity contribution is 0.0945. The molecule has 1 atom stereocenters. The van der Waals surface area contributed by atoms with Gasteiger partial charge in [-0.1, -0.05) is 24.9 Å². The third kappa shape index (κ3) is 5.37. The van der Waals surface area contributed by atoms with Gasteiger partial charge in [0.2, 0.25) is 0 Å². The molecule has 1 unspecified atom stereocenters. The van der Waals surface area contributed by atoms with E-state index in [9.17, 15) is 9.18 Å². The summed E-state index contributed by atoms with van der Waals surface area (Å²) in [6.45, 7) is 2.65. The standard InChI is InChI=1S/C14H18Cl2FNO/c1-2-3-10(6-7-15)9-18-14(19)11-4-5-12(16)13(17)8-11/h4-5,8,10H,2-3,6-7,9H2,1H3,(H,18,19). The molecule has 19 heavy (non-hydrogen) atoms. The SMILES string of the molecule is CCCC(CCCl)CNC(=O)c1ccc(Cl)c(F)c1. The van der Waals surface area contributed by atoms with Crippen molar-refractivity contribution in [2.45, 2.75) is 26.2 Å². The molecule has 2 nitrogen and oxygen atoms in total. The molecule has 0 aliphatic carbocycles. The van der Waals surface area contributed by atoms with Gasteiger partial charge in [0.05, 0.1) is 5.02 Å². The molecule has 1 rings (SSSR count). The van der Waals surface area contributed by atoms with Crippen molar-refractivity contribution in [1.29, 1.82) is 0 Å². The molecule has 1 aromatic rings. The Kier molecular flexibility index (Phi) is 7.17. The van der Waals surface area contributed by atoms with Gasteiger partial charge >= 0.3 is 0 Å². The number of hydrogen-bond acceptors (Lipinski definition) is 1. The Morgan fingerprint density at radius 1 is 1.42 bits per heavy atom. The first-order valence-electron chi connectivity index (χ1n) is 6.37. The zero-order valence-corrected chi connectivity index (χ0v) is 12.4. The monoisotopic (exact) mass is 305 g/mol. The van der Waals surface area contributed by atoms with Crippen molar-refractivity contribution in [2.75, 3.05) is 12.4 Å². The third-order valence-corrected chi connectivity index (χ3v) is 3.47. The van der Waals surface area contributed by atoms with Crippen LogP contribution in [0.4, 0.5) is 4.39 Å². The van der Waals surface area contributed by atoms with Gasteiger partial charge < -0.3 is 5.32 Å². The summed E-state index contributed by atoms with van der Waals surface area (Å²) in [5.74, 6) is 0.0749. The molecule has 0 saturated carbocycles. The molecule has 0 spiro atoms. The molecule has 1 amide bonds. The van der Waals surface area contributed by atoms with Crippen LogP contribution in [0.15, 0.2) is 18.2 Å². The number of carbonyl (C=O) groups is 1. The highest BCUT2D eigenvalue weighted by atomic mass is 35.5. The minimum Gasteiger partial charge on any atom is -0.352 e. The van der Waals surface area contributed by atoms with Gasteiger partial charge in [-0.25, -0.2) is 4.39 Å². The highest BCUT2D eigenvalue weighted by Crippen LogP contribution is 2.16. The summed E-state index contributed by atoms with van der Waals surface area (Å²) in [7, 11) is 0. The van der Waals surface area contributed by atoms with Gasteiger partial charge in [-0.3, -0.25) is 4.79 Å². The number of halogens is 3. The summed E-state index contributed by atoms with van der Waals surface area (Å²) in [6.07, 6.45) is 2.93. The van der Waals surface area contributed by atoms with Crippen molar-refractivity contribution in [3.8, 4) is 0 Å². The first kappa shape index (κ1) is 16.3. The fourth-order valence-corrected chi connectivity index (χ4v) is 2.31. The summed E-state index contributed by atoms with van der Waals surface area (Å²) in [5, 5.41) is 2.82. The summed E-state index contributed by atoms with van der Waals surface area (Å²) in [6, 6.07) is 4.04. The van der Waals surface area contributed by atoms with Gasteiger partial charge in [0.25, 0.3) is 5.91 Å². The predicted octanol–water partition coefficient (Wildman–Crippen LogP) is 4.25. The topological polar surface area (TPSA) is 29.1 Å². The second-order valence-corrected chi connectivity index (χ2v) is 5.26. The molecule has 0 aromatic heterocycles. The van der Waals surface area contributed by atoms with E-state index < -0.39 is 5.82 Å². The highest BCUT2D eigenvalue weighted by molar-refractivity contribution is 6.30. The van der Waals surface area contributed by atoms with E-state index in [1.807, 2.05) is 0 Å². The quantitative estimate of drug-likeness (QED) is 0.750. The first-order valence-corrected chi connectivity index (χ1v) is 7.29. The smallest absolute Gasteiger partial charge is 0.251 e. The summed E-state index contributed by atoms with van der Waals surface area (Å²) < 4.78 is 13.3. The zero-order chi connectivity index (χ0) is 14.3. The van der Waals surface area contributed by atoms with Crippen LogP contribution in [0.3, 0.4) is 0 Å². The molecule has 0 fully saturated rings. The largest absolute Gasteiger partial charge is 0.352 e. The van der Waals surface area contributed by atoms with E-state index >= 15 is 0 Å². The van der Waals surface area contributed by atoms with Crippen LogP contribution < -0.4 is 5.32 Å². The van der Waals surface area contributed by atoms with Crippen LogP contribution in [0, 0.1) is 11.7 Å². The second-order valence-electron chi connectivity index (χ2n) is 4.47. The van der Waals surface area contributed by atoms with E-state index in [0.717, 1.165) is 25.3 Å². The number of benzene rings is 1. The Bertz CT molecular complexity index is 420. The van der Waals surface area contributed by atoms with Gasteiger partial charge in [-0.15, -0.1) is 11.6 Å². The Morgan fingerprint density at radius 3 is 2.74 bits per heavy atom.